The van der Waals surface area contributed by atoms with Gasteiger partial charge in [0.15, 0.2) is 11.6 Å². The molecule has 0 aliphatic carbocycles. The van der Waals surface area contributed by atoms with Crippen LogP contribution in [0.15, 0.2) is 40.8 Å². The van der Waals surface area contributed by atoms with Crippen molar-refractivity contribution in [1.82, 2.24) is 4.98 Å². The molecule has 1 heterocycles. The fraction of sp³-hybridized carbons (Fsp3) is 0.150. The smallest absolute Gasteiger partial charge is 0.416 e. The summed E-state index contributed by atoms with van der Waals surface area (Å²) in [5.74, 6) is -5.19. The number of oxazole rings is 1. The highest BCUT2D eigenvalue weighted by Gasteiger charge is 2.31. The van der Waals surface area contributed by atoms with Crippen molar-refractivity contribution in [1.29, 1.82) is 0 Å². The predicted octanol–water partition coefficient (Wildman–Crippen LogP) is 5.89. The Hall–Kier alpha value is -3.38. The molecule has 0 radical (unpaired) electrons. The van der Waals surface area contributed by atoms with Crippen LogP contribution in [0.4, 0.5) is 26.7 Å². The van der Waals surface area contributed by atoms with Crippen LogP contribution in [0.1, 0.15) is 27.9 Å². The molecule has 0 saturated heterocycles. The van der Waals surface area contributed by atoms with Gasteiger partial charge in [0.1, 0.15) is 23.7 Å². The van der Waals surface area contributed by atoms with Crippen LogP contribution in [0.3, 0.4) is 0 Å². The lowest BCUT2D eigenvalue weighted by atomic mass is 10.1. The number of ether oxygens (including phenoxy) is 2. The number of aromatic nitrogens is 1. The Morgan fingerprint density at radius 1 is 1.12 bits per heavy atom. The fourth-order valence-corrected chi connectivity index (χ4v) is 3.04. The zero-order valence-corrected chi connectivity index (χ0v) is 18.0. The van der Waals surface area contributed by atoms with Crippen LogP contribution in [0, 0.1) is 11.6 Å². The number of alkyl halides is 3. The highest BCUT2D eigenvalue weighted by molar-refractivity contribution is 6.61. The Balaban J connectivity index is 1.97. The monoisotopic (exact) mass is 524 g/mol. The number of carbonyl (C=O) groups is 2. The van der Waals surface area contributed by atoms with Crippen LogP contribution < -0.4 is 10.5 Å². The first-order chi connectivity index (χ1) is 15.9. The van der Waals surface area contributed by atoms with E-state index in [-0.39, 0.29) is 16.5 Å². The molecule has 0 fully saturated rings. The summed E-state index contributed by atoms with van der Waals surface area (Å²) < 4.78 is 81.9. The number of nitrogens with two attached hydrogens (primary N) is 1. The molecule has 0 saturated carbocycles. The minimum absolute atomic E-state index is 0.103. The number of hydrogen-bond acceptors (Lipinski definition) is 6. The summed E-state index contributed by atoms with van der Waals surface area (Å²) in [5.41, 5.74) is 1.73. The maximum atomic E-state index is 14.6. The molecule has 3 rings (SSSR count). The van der Waals surface area contributed by atoms with Gasteiger partial charge in [-0.25, -0.2) is 18.6 Å². The maximum absolute atomic E-state index is 14.6. The van der Waals surface area contributed by atoms with Gasteiger partial charge < -0.3 is 19.6 Å². The first kappa shape index (κ1) is 25.2. The van der Waals surface area contributed by atoms with Gasteiger partial charge in [-0.15, -0.1) is 0 Å². The summed E-state index contributed by atoms with van der Waals surface area (Å²) in [6.45, 7) is -0.700. The van der Waals surface area contributed by atoms with Crippen molar-refractivity contribution in [3.05, 3.63) is 70.3 Å². The number of benzene rings is 2. The second-order valence-electron chi connectivity index (χ2n) is 6.50. The number of amides is 1. The second-order valence-corrected chi connectivity index (χ2v) is 7.16. The zero-order valence-electron chi connectivity index (χ0n) is 16.5. The van der Waals surface area contributed by atoms with Crippen molar-refractivity contribution in [2.24, 2.45) is 5.73 Å². The van der Waals surface area contributed by atoms with Crippen LogP contribution in [-0.2, 0) is 10.9 Å². The molecule has 0 aliphatic rings. The Bertz CT molecular complexity index is 1230. The number of nitrogens with zero attached hydrogens (tertiary/aromatic N) is 1. The van der Waals surface area contributed by atoms with Crippen molar-refractivity contribution in [2.45, 2.75) is 12.3 Å². The first-order valence-electron chi connectivity index (χ1n) is 8.99. The molecule has 14 heteroatoms. The van der Waals surface area contributed by atoms with E-state index >= 15 is 0 Å². The molecular formula is C20H11Cl2F5N2O5. The van der Waals surface area contributed by atoms with Crippen LogP contribution in [-0.4, -0.2) is 22.9 Å². The quantitative estimate of drug-likeness (QED) is 0.305. The molecule has 0 bridgehead atoms. The first-order valence-corrected chi connectivity index (χ1v) is 9.74. The van der Waals surface area contributed by atoms with Crippen LogP contribution in [0.5, 0.6) is 5.75 Å². The van der Waals surface area contributed by atoms with E-state index in [9.17, 15) is 31.5 Å². The maximum Gasteiger partial charge on any atom is 0.416 e. The molecule has 7 nitrogen and oxygen atoms in total. The second kappa shape index (κ2) is 9.85. The summed E-state index contributed by atoms with van der Waals surface area (Å²) >= 11 is 11.2. The Labute approximate surface area is 197 Å². The summed E-state index contributed by atoms with van der Waals surface area (Å²) in [6.07, 6.45) is -6.09. The fourth-order valence-electron chi connectivity index (χ4n) is 2.75. The van der Waals surface area contributed by atoms with Crippen LogP contribution >= 0.6 is 23.2 Å². The molecule has 34 heavy (non-hydrogen) atoms. The van der Waals surface area contributed by atoms with Gasteiger partial charge in [0.2, 0.25) is 17.2 Å². The Morgan fingerprint density at radius 2 is 1.76 bits per heavy atom. The molecule has 2 aromatic carbocycles. The molecule has 180 valence electrons. The molecular weight excluding hydrogens is 514 g/mol. The van der Waals surface area contributed by atoms with Crippen molar-refractivity contribution >= 4 is 34.5 Å². The molecule has 1 amide bonds. The third kappa shape index (κ3) is 5.57. The van der Waals surface area contributed by atoms with Crippen LogP contribution in [0.2, 0.25) is 5.22 Å². The van der Waals surface area contributed by atoms with Gasteiger partial charge >= 0.3 is 11.6 Å². The van der Waals surface area contributed by atoms with Crippen molar-refractivity contribution < 1.29 is 45.4 Å². The topological polar surface area (TPSA) is 105 Å². The zero-order chi connectivity index (χ0) is 25.2. The Morgan fingerprint density at radius 3 is 2.32 bits per heavy atom. The molecule has 2 N–H and O–H groups in total. The van der Waals surface area contributed by atoms with E-state index in [2.05, 4.69) is 9.72 Å². The largest absolute Gasteiger partial charge is 0.474 e. The van der Waals surface area contributed by atoms with Gasteiger partial charge in [-0.2, -0.15) is 13.2 Å². The van der Waals surface area contributed by atoms with E-state index in [1.807, 2.05) is 0 Å². The molecule has 1 atom stereocenters. The lowest BCUT2D eigenvalue weighted by molar-refractivity contribution is -0.137. The third-order valence-corrected chi connectivity index (χ3v) is 4.65. The highest BCUT2D eigenvalue weighted by Crippen LogP contribution is 2.35. The number of rotatable bonds is 7. The summed E-state index contributed by atoms with van der Waals surface area (Å²) in [5, 5.41) is -0.377. The van der Waals surface area contributed by atoms with Crippen molar-refractivity contribution in [3.63, 3.8) is 0 Å². The van der Waals surface area contributed by atoms with Gasteiger partial charge in [-0.05, 0) is 35.9 Å². The number of primary amides is 1. The summed E-state index contributed by atoms with van der Waals surface area (Å²) in [6, 6.07) is 5.30. The summed E-state index contributed by atoms with van der Waals surface area (Å²) in [7, 11) is 0. The van der Waals surface area contributed by atoms with Gasteiger partial charge in [0.25, 0.3) is 5.91 Å². The molecule has 0 aliphatic heterocycles. The summed E-state index contributed by atoms with van der Waals surface area (Å²) in [4.78, 5) is 26.4. The minimum Gasteiger partial charge on any atom is -0.474 e. The predicted molar refractivity (Wildman–Crippen MR) is 107 cm³/mol. The van der Waals surface area contributed by atoms with E-state index in [4.69, 9.17) is 38.1 Å². The van der Waals surface area contributed by atoms with E-state index in [0.29, 0.717) is 6.07 Å². The van der Waals surface area contributed by atoms with Crippen molar-refractivity contribution in [2.75, 3.05) is 6.61 Å². The van der Waals surface area contributed by atoms with Gasteiger partial charge in [0.05, 0.1) is 5.56 Å². The molecule has 3 aromatic rings. The standard InChI is InChI=1S/C20H11Cl2F5N2O5/c21-16-15(8-1-3-9(4-2-8)20(25,26)27)29-18(34-16)12(7-32-19(22)31)33-11-6-5-10(23)13(14(11)24)17(28)30/h1-6,12H,7H2,(H2,28,30). The van der Waals surface area contributed by atoms with Crippen LogP contribution in [0.25, 0.3) is 11.3 Å². The Kier molecular flexibility index (Phi) is 7.32. The molecule has 1 aromatic heterocycles. The van der Waals surface area contributed by atoms with Gasteiger partial charge in [-0.1, -0.05) is 12.1 Å². The van der Waals surface area contributed by atoms with Gasteiger partial charge in [0, 0.05) is 17.2 Å². The third-order valence-electron chi connectivity index (χ3n) is 4.28. The van der Waals surface area contributed by atoms with Gasteiger partial charge in [-0.3, -0.25) is 4.79 Å². The van der Waals surface area contributed by atoms with Crippen molar-refractivity contribution in [3.8, 4) is 17.0 Å². The SMILES string of the molecule is NC(=O)c1c(F)ccc(OC(COC(=O)Cl)c2nc(-c3ccc(C(F)(F)F)cc3)c(Cl)o2)c1F. The lowest BCUT2D eigenvalue weighted by Gasteiger charge is -2.17. The van der Waals surface area contributed by atoms with E-state index < -0.39 is 64.6 Å². The lowest BCUT2D eigenvalue weighted by Crippen LogP contribution is -2.19. The average Bonchev–Trinajstić information content (AvgIpc) is 3.13. The normalized spacial score (nSPS) is 12.3. The number of hydrogen-bond donors (Lipinski definition) is 1. The molecule has 1 unspecified atom stereocenters. The number of halogens is 7. The highest BCUT2D eigenvalue weighted by atomic mass is 35.5. The minimum atomic E-state index is -4.56. The van der Waals surface area contributed by atoms with E-state index in [0.717, 1.165) is 30.3 Å². The van der Waals surface area contributed by atoms with E-state index in [1.54, 1.807) is 0 Å². The average molecular weight is 525 g/mol. The number of carbonyl (C=O) groups excluding carboxylic acids is 2. The molecule has 0 spiro atoms. The van der Waals surface area contributed by atoms with E-state index in [1.165, 1.54) is 0 Å².